The number of rotatable bonds is 5. The lowest BCUT2D eigenvalue weighted by atomic mass is 10.1. The molecule has 0 atom stereocenters. The first kappa shape index (κ1) is 17.0. The minimum atomic E-state index is 0.0894. The number of amides is 1. The minimum Gasteiger partial charge on any atom is -0.348 e. The Labute approximate surface area is 146 Å². The van der Waals surface area contributed by atoms with E-state index in [1.807, 2.05) is 6.20 Å². The molecular weight excluding hydrogens is 322 g/mol. The van der Waals surface area contributed by atoms with Gasteiger partial charge in [0, 0.05) is 51.7 Å². The lowest BCUT2D eigenvalue weighted by Crippen LogP contribution is -2.31. The van der Waals surface area contributed by atoms with Crippen LogP contribution in [0.5, 0.6) is 0 Å². The van der Waals surface area contributed by atoms with Crippen LogP contribution in [-0.4, -0.2) is 51.3 Å². The molecule has 0 saturated heterocycles. The van der Waals surface area contributed by atoms with Gasteiger partial charge in [0.25, 0.3) is 0 Å². The monoisotopic (exact) mass is 345 g/mol. The summed E-state index contributed by atoms with van der Waals surface area (Å²) in [5, 5.41) is 2.95. The average molecular weight is 345 g/mol. The fourth-order valence-corrected chi connectivity index (χ4v) is 3.50. The lowest BCUT2D eigenvalue weighted by molar-refractivity contribution is -0.127. The number of carbonyl (C=O) groups is 1. The van der Waals surface area contributed by atoms with Gasteiger partial charge in [0.05, 0.1) is 17.8 Å². The highest BCUT2D eigenvalue weighted by atomic mass is 32.1. The van der Waals surface area contributed by atoms with Crippen molar-refractivity contribution >= 4 is 17.2 Å². The summed E-state index contributed by atoms with van der Waals surface area (Å²) in [5.41, 5.74) is 3.44. The molecule has 0 aliphatic carbocycles. The van der Waals surface area contributed by atoms with Crippen molar-refractivity contribution in [2.24, 2.45) is 0 Å². The van der Waals surface area contributed by atoms with E-state index in [9.17, 15) is 4.79 Å². The van der Waals surface area contributed by atoms with Gasteiger partial charge in [-0.25, -0.2) is 15.0 Å². The SMILES string of the molecule is CCc1ncc2c(n1)CN(Cc1csc(CC(=O)N(C)C)n1)CC2. The Kier molecular flexibility index (Phi) is 5.20. The predicted octanol–water partition coefficient (Wildman–Crippen LogP) is 1.68. The van der Waals surface area contributed by atoms with Crippen LogP contribution in [0.15, 0.2) is 11.6 Å². The van der Waals surface area contributed by atoms with Gasteiger partial charge in [-0.05, 0) is 12.0 Å². The van der Waals surface area contributed by atoms with E-state index in [0.29, 0.717) is 6.42 Å². The second-order valence-corrected chi connectivity index (χ2v) is 7.21. The maximum atomic E-state index is 11.8. The molecule has 0 aromatic carbocycles. The van der Waals surface area contributed by atoms with Gasteiger partial charge in [-0.3, -0.25) is 9.69 Å². The third kappa shape index (κ3) is 3.96. The molecule has 24 heavy (non-hydrogen) atoms. The van der Waals surface area contributed by atoms with E-state index in [1.54, 1.807) is 30.3 Å². The molecule has 0 unspecified atom stereocenters. The summed E-state index contributed by atoms with van der Waals surface area (Å²) in [6.45, 7) is 4.71. The van der Waals surface area contributed by atoms with Crippen LogP contribution in [0.4, 0.5) is 0 Å². The van der Waals surface area contributed by atoms with Crippen LogP contribution in [0.1, 0.15) is 34.7 Å². The highest BCUT2D eigenvalue weighted by Gasteiger charge is 2.19. The third-order valence-electron chi connectivity index (χ3n) is 4.18. The molecule has 0 bridgehead atoms. The van der Waals surface area contributed by atoms with Crippen LogP contribution in [0.25, 0.3) is 0 Å². The van der Waals surface area contributed by atoms with Crippen molar-refractivity contribution in [3.8, 4) is 0 Å². The number of nitrogens with zero attached hydrogens (tertiary/aromatic N) is 5. The van der Waals surface area contributed by atoms with Gasteiger partial charge in [0.1, 0.15) is 10.8 Å². The summed E-state index contributed by atoms with van der Waals surface area (Å²) >= 11 is 1.56. The van der Waals surface area contributed by atoms with Crippen LogP contribution >= 0.6 is 11.3 Å². The third-order valence-corrected chi connectivity index (χ3v) is 5.07. The van der Waals surface area contributed by atoms with Crippen molar-refractivity contribution in [2.45, 2.75) is 39.3 Å². The second kappa shape index (κ2) is 7.36. The van der Waals surface area contributed by atoms with Crippen molar-refractivity contribution in [3.63, 3.8) is 0 Å². The first-order valence-corrected chi connectivity index (χ1v) is 9.12. The Hall–Kier alpha value is -1.86. The van der Waals surface area contributed by atoms with Crippen molar-refractivity contribution < 1.29 is 4.79 Å². The fraction of sp³-hybridized carbons (Fsp3) is 0.529. The molecular formula is C17H23N5OS. The van der Waals surface area contributed by atoms with Gasteiger partial charge >= 0.3 is 0 Å². The molecule has 2 aromatic rings. The van der Waals surface area contributed by atoms with E-state index in [-0.39, 0.29) is 5.91 Å². The van der Waals surface area contributed by atoms with Crippen LogP contribution in [0.2, 0.25) is 0 Å². The quantitative estimate of drug-likeness (QED) is 0.825. The smallest absolute Gasteiger partial charge is 0.228 e. The number of likely N-dealkylation sites (N-methyl/N-ethyl adjacent to an activating group) is 1. The summed E-state index contributed by atoms with van der Waals surface area (Å²) in [6.07, 6.45) is 4.21. The molecule has 6 nitrogen and oxygen atoms in total. The van der Waals surface area contributed by atoms with E-state index in [2.05, 4.69) is 32.2 Å². The number of fused-ring (bicyclic) bond motifs is 1. The normalized spacial score (nSPS) is 14.5. The molecule has 1 amide bonds. The van der Waals surface area contributed by atoms with Crippen molar-refractivity contribution in [2.75, 3.05) is 20.6 Å². The summed E-state index contributed by atoms with van der Waals surface area (Å²) in [6, 6.07) is 0. The molecule has 1 aliphatic rings. The van der Waals surface area contributed by atoms with E-state index < -0.39 is 0 Å². The lowest BCUT2D eigenvalue weighted by Gasteiger charge is -2.27. The maximum Gasteiger partial charge on any atom is 0.228 e. The molecule has 0 N–H and O–H groups in total. The van der Waals surface area contributed by atoms with Crippen molar-refractivity contribution in [3.05, 3.63) is 39.4 Å². The number of hydrogen-bond acceptors (Lipinski definition) is 6. The van der Waals surface area contributed by atoms with E-state index in [1.165, 1.54) is 5.56 Å². The first-order chi connectivity index (χ1) is 11.5. The second-order valence-electron chi connectivity index (χ2n) is 6.27. The zero-order chi connectivity index (χ0) is 17.1. The van der Waals surface area contributed by atoms with Gasteiger partial charge < -0.3 is 4.90 Å². The molecule has 3 rings (SSSR count). The molecule has 7 heteroatoms. The molecule has 0 fully saturated rings. The van der Waals surface area contributed by atoms with Gasteiger partial charge in [0.2, 0.25) is 5.91 Å². The van der Waals surface area contributed by atoms with Crippen LogP contribution < -0.4 is 0 Å². The standard InChI is InChI=1S/C17H23N5OS/c1-4-15-18-8-12-5-6-22(10-14(12)20-15)9-13-11-24-16(19-13)7-17(23)21(2)3/h8,11H,4-7,9-10H2,1-3H3. The van der Waals surface area contributed by atoms with Crippen LogP contribution in [-0.2, 0) is 37.1 Å². The van der Waals surface area contributed by atoms with E-state index >= 15 is 0 Å². The maximum absolute atomic E-state index is 11.8. The summed E-state index contributed by atoms with van der Waals surface area (Å²) in [7, 11) is 3.54. The molecule has 0 radical (unpaired) electrons. The molecule has 128 valence electrons. The number of aromatic nitrogens is 3. The predicted molar refractivity (Wildman–Crippen MR) is 93.7 cm³/mol. The summed E-state index contributed by atoms with van der Waals surface area (Å²) in [4.78, 5) is 29.4. The Balaban J connectivity index is 1.63. The Morgan fingerprint density at radius 1 is 1.38 bits per heavy atom. The van der Waals surface area contributed by atoms with Crippen LogP contribution in [0.3, 0.4) is 0 Å². The minimum absolute atomic E-state index is 0.0894. The van der Waals surface area contributed by atoms with Gasteiger partial charge in [-0.1, -0.05) is 6.92 Å². The topological polar surface area (TPSA) is 62.2 Å². The molecule has 3 heterocycles. The highest BCUT2D eigenvalue weighted by molar-refractivity contribution is 7.09. The average Bonchev–Trinajstić information content (AvgIpc) is 3.00. The number of aryl methyl sites for hydroxylation is 1. The van der Waals surface area contributed by atoms with Crippen molar-refractivity contribution in [1.82, 2.24) is 24.8 Å². The molecule has 2 aromatic heterocycles. The first-order valence-electron chi connectivity index (χ1n) is 8.24. The molecule has 0 spiro atoms. The van der Waals surface area contributed by atoms with Gasteiger partial charge in [0.15, 0.2) is 0 Å². The van der Waals surface area contributed by atoms with E-state index in [4.69, 9.17) is 0 Å². The number of hydrogen-bond donors (Lipinski definition) is 0. The van der Waals surface area contributed by atoms with Crippen molar-refractivity contribution in [1.29, 1.82) is 0 Å². The Morgan fingerprint density at radius 2 is 2.21 bits per heavy atom. The fourth-order valence-electron chi connectivity index (χ4n) is 2.72. The zero-order valence-corrected chi connectivity index (χ0v) is 15.3. The highest BCUT2D eigenvalue weighted by Crippen LogP contribution is 2.20. The molecule has 1 aliphatic heterocycles. The number of thiazole rings is 1. The zero-order valence-electron chi connectivity index (χ0n) is 14.4. The Bertz CT molecular complexity index is 728. The van der Waals surface area contributed by atoms with E-state index in [0.717, 1.165) is 54.7 Å². The largest absolute Gasteiger partial charge is 0.348 e. The van der Waals surface area contributed by atoms with Gasteiger partial charge in [-0.15, -0.1) is 11.3 Å². The van der Waals surface area contributed by atoms with Crippen LogP contribution in [0, 0.1) is 0 Å². The molecule has 0 saturated carbocycles. The number of carbonyl (C=O) groups excluding carboxylic acids is 1. The Morgan fingerprint density at radius 3 is 2.96 bits per heavy atom. The summed E-state index contributed by atoms with van der Waals surface area (Å²) < 4.78 is 0. The van der Waals surface area contributed by atoms with Gasteiger partial charge in [-0.2, -0.15) is 0 Å². The summed E-state index contributed by atoms with van der Waals surface area (Å²) in [5.74, 6) is 1.00.